The van der Waals surface area contributed by atoms with E-state index in [1.54, 1.807) is 43.9 Å². The Morgan fingerprint density at radius 3 is 2.72 bits per heavy atom. The van der Waals surface area contributed by atoms with Gasteiger partial charge in [0.2, 0.25) is 0 Å². The molecule has 0 saturated carbocycles. The topological polar surface area (TPSA) is 129 Å². The van der Waals surface area contributed by atoms with Crippen LogP contribution in [0.15, 0.2) is 22.7 Å². The fourth-order valence-electron chi connectivity index (χ4n) is 3.72. The van der Waals surface area contributed by atoms with Crippen LogP contribution in [0.2, 0.25) is 0 Å². The third kappa shape index (κ3) is 4.86. The SMILES string of the molecule is CNC[C@@H]1Oc2c(NC(=O)Nc3c(C)noc3C)cccc2C(=O)N([C@H](C)CO)C[C@H]1C. The molecular weight excluding hydrogens is 414 g/mol. The Hall–Kier alpha value is -3.11. The van der Waals surface area contributed by atoms with E-state index in [4.69, 9.17) is 9.26 Å². The van der Waals surface area contributed by atoms with Gasteiger partial charge in [0.25, 0.3) is 5.91 Å². The largest absolute Gasteiger partial charge is 0.486 e. The van der Waals surface area contributed by atoms with Crippen molar-refractivity contribution in [2.24, 2.45) is 5.92 Å². The van der Waals surface area contributed by atoms with Crippen LogP contribution in [-0.2, 0) is 0 Å². The number of nitrogens with zero attached hydrogens (tertiary/aromatic N) is 2. The zero-order valence-corrected chi connectivity index (χ0v) is 19.1. The summed E-state index contributed by atoms with van der Waals surface area (Å²) in [6, 6.07) is 4.17. The average Bonchev–Trinajstić information content (AvgIpc) is 3.08. The van der Waals surface area contributed by atoms with Crippen molar-refractivity contribution in [2.75, 3.05) is 37.4 Å². The number of hydrogen-bond donors (Lipinski definition) is 4. The Morgan fingerprint density at radius 1 is 1.34 bits per heavy atom. The standard InChI is InChI=1S/C22H31N5O5/c1-12-10-27(13(2)11-28)21(29)16-7-6-8-17(20(16)31-18(12)9-23-5)24-22(30)25-19-14(3)26-32-15(19)4/h6-8,12-13,18,23,28H,9-11H2,1-5H3,(H2,24,25,30)/t12-,13-,18+/m1/s1. The van der Waals surface area contributed by atoms with Crippen molar-refractivity contribution in [3.05, 3.63) is 35.2 Å². The van der Waals surface area contributed by atoms with E-state index in [2.05, 4.69) is 21.1 Å². The fourth-order valence-corrected chi connectivity index (χ4v) is 3.72. The van der Waals surface area contributed by atoms with E-state index in [9.17, 15) is 14.7 Å². The molecule has 0 spiro atoms. The highest BCUT2D eigenvalue weighted by molar-refractivity contribution is 6.04. The van der Waals surface area contributed by atoms with E-state index < -0.39 is 6.03 Å². The minimum absolute atomic E-state index is 0.0160. The number of amides is 3. The van der Waals surface area contributed by atoms with Crippen LogP contribution in [-0.4, -0.2) is 66.0 Å². The minimum Gasteiger partial charge on any atom is -0.486 e. The second kappa shape index (κ2) is 10.0. The van der Waals surface area contributed by atoms with Gasteiger partial charge in [-0.25, -0.2) is 4.79 Å². The van der Waals surface area contributed by atoms with Gasteiger partial charge in [0.1, 0.15) is 17.5 Å². The van der Waals surface area contributed by atoms with E-state index in [0.29, 0.717) is 47.2 Å². The maximum absolute atomic E-state index is 13.4. The summed E-state index contributed by atoms with van der Waals surface area (Å²) in [6.07, 6.45) is -0.256. The highest BCUT2D eigenvalue weighted by atomic mass is 16.5. The number of likely N-dealkylation sites (N-methyl/N-ethyl adjacent to an activating group) is 1. The van der Waals surface area contributed by atoms with Crippen molar-refractivity contribution < 1.29 is 24.0 Å². The number of carbonyl (C=O) groups is 2. The molecule has 0 unspecified atom stereocenters. The van der Waals surface area contributed by atoms with Crippen molar-refractivity contribution in [3.8, 4) is 5.75 Å². The lowest BCUT2D eigenvalue weighted by Crippen LogP contribution is -2.49. The molecule has 2 heterocycles. The number of fused-ring (bicyclic) bond motifs is 1. The Labute approximate surface area is 187 Å². The number of carbonyl (C=O) groups excluding carboxylic acids is 2. The van der Waals surface area contributed by atoms with Gasteiger partial charge in [0.15, 0.2) is 11.5 Å². The molecule has 0 aliphatic carbocycles. The van der Waals surface area contributed by atoms with E-state index in [1.807, 2.05) is 14.0 Å². The molecule has 0 fully saturated rings. The summed E-state index contributed by atoms with van der Waals surface area (Å²) in [7, 11) is 1.83. The number of ether oxygens (including phenoxy) is 1. The maximum Gasteiger partial charge on any atom is 0.323 e. The number of aliphatic hydroxyl groups is 1. The summed E-state index contributed by atoms with van der Waals surface area (Å²) >= 11 is 0. The molecule has 3 amide bonds. The van der Waals surface area contributed by atoms with Gasteiger partial charge in [-0.2, -0.15) is 0 Å². The molecule has 1 aliphatic rings. The molecule has 0 radical (unpaired) electrons. The predicted octanol–water partition coefficient (Wildman–Crippen LogP) is 2.37. The van der Waals surface area contributed by atoms with Crippen LogP contribution in [0.25, 0.3) is 0 Å². The average molecular weight is 446 g/mol. The lowest BCUT2D eigenvalue weighted by molar-refractivity contribution is 0.0417. The molecule has 10 nitrogen and oxygen atoms in total. The molecule has 32 heavy (non-hydrogen) atoms. The number of aliphatic hydroxyl groups excluding tert-OH is 1. The number of para-hydroxylation sites is 1. The predicted molar refractivity (Wildman–Crippen MR) is 120 cm³/mol. The van der Waals surface area contributed by atoms with Gasteiger partial charge in [0.05, 0.1) is 23.9 Å². The number of rotatable bonds is 6. The van der Waals surface area contributed by atoms with Gasteiger partial charge in [-0.1, -0.05) is 18.1 Å². The number of urea groups is 1. The Bertz CT molecular complexity index is 956. The van der Waals surface area contributed by atoms with Crippen LogP contribution in [0.1, 0.15) is 35.7 Å². The minimum atomic E-state index is -0.510. The molecule has 0 bridgehead atoms. The zero-order valence-electron chi connectivity index (χ0n) is 19.1. The summed E-state index contributed by atoms with van der Waals surface area (Å²) in [4.78, 5) is 27.7. The Kier molecular flexibility index (Phi) is 7.37. The van der Waals surface area contributed by atoms with Crippen LogP contribution in [0.5, 0.6) is 5.75 Å². The van der Waals surface area contributed by atoms with Gasteiger partial charge in [0, 0.05) is 19.0 Å². The fraction of sp³-hybridized carbons (Fsp3) is 0.500. The number of hydrogen-bond acceptors (Lipinski definition) is 7. The van der Waals surface area contributed by atoms with Gasteiger partial charge < -0.3 is 35.2 Å². The molecule has 10 heteroatoms. The van der Waals surface area contributed by atoms with Crippen LogP contribution in [0, 0.1) is 19.8 Å². The summed E-state index contributed by atoms with van der Waals surface area (Å²) in [5.74, 6) is 0.515. The van der Waals surface area contributed by atoms with Crippen molar-refractivity contribution in [1.82, 2.24) is 15.4 Å². The molecule has 0 saturated heterocycles. The number of nitrogens with one attached hydrogen (secondary N) is 3. The summed E-state index contributed by atoms with van der Waals surface area (Å²) in [5, 5.41) is 22.2. The normalized spacial score (nSPS) is 19.4. The van der Waals surface area contributed by atoms with Gasteiger partial charge >= 0.3 is 6.03 Å². The van der Waals surface area contributed by atoms with E-state index in [-0.39, 0.29) is 30.6 Å². The number of aryl methyl sites for hydroxylation is 2. The van der Waals surface area contributed by atoms with Crippen molar-refractivity contribution in [2.45, 2.75) is 39.8 Å². The zero-order chi connectivity index (χ0) is 23.4. The molecule has 3 rings (SSSR count). The van der Waals surface area contributed by atoms with Crippen molar-refractivity contribution in [3.63, 3.8) is 0 Å². The molecule has 1 aliphatic heterocycles. The number of benzene rings is 1. The molecule has 3 atom stereocenters. The lowest BCUT2D eigenvalue weighted by Gasteiger charge is -2.37. The first-order valence-corrected chi connectivity index (χ1v) is 10.6. The monoisotopic (exact) mass is 445 g/mol. The maximum atomic E-state index is 13.4. The van der Waals surface area contributed by atoms with Gasteiger partial charge in [-0.3, -0.25) is 4.79 Å². The van der Waals surface area contributed by atoms with Gasteiger partial charge in [-0.15, -0.1) is 0 Å². The Morgan fingerprint density at radius 2 is 2.09 bits per heavy atom. The summed E-state index contributed by atoms with van der Waals surface area (Å²) < 4.78 is 11.4. The highest BCUT2D eigenvalue weighted by Gasteiger charge is 2.34. The number of anilines is 2. The third-order valence-electron chi connectivity index (χ3n) is 5.62. The van der Waals surface area contributed by atoms with Crippen LogP contribution in [0.3, 0.4) is 0 Å². The molecule has 1 aromatic carbocycles. The first-order valence-electron chi connectivity index (χ1n) is 10.6. The molecular formula is C22H31N5O5. The van der Waals surface area contributed by atoms with Crippen molar-refractivity contribution >= 4 is 23.3 Å². The summed E-state index contributed by atoms with van der Waals surface area (Å²) in [5.41, 5.74) is 1.74. The second-order valence-electron chi connectivity index (χ2n) is 8.14. The second-order valence-corrected chi connectivity index (χ2v) is 8.14. The highest BCUT2D eigenvalue weighted by Crippen LogP contribution is 2.35. The first-order chi connectivity index (χ1) is 15.3. The third-order valence-corrected chi connectivity index (χ3v) is 5.62. The molecule has 174 valence electrons. The van der Waals surface area contributed by atoms with Crippen LogP contribution >= 0.6 is 0 Å². The smallest absolute Gasteiger partial charge is 0.323 e. The molecule has 4 N–H and O–H groups in total. The Balaban J connectivity index is 1.97. The van der Waals surface area contributed by atoms with E-state index in [0.717, 1.165) is 0 Å². The van der Waals surface area contributed by atoms with Crippen LogP contribution in [0.4, 0.5) is 16.2 Å². The van der Waals surface area contributed by atoms with E-state index in [1.165, 1.54) is 0 Å². The quantitative estimate of drug-likeness (QED) is 0.537. The van der Waals surface area contributed by atoms with Crippen molar-refractivity contribution in [1.29, 1.82) is 0 Å². The molecule has 2 aromatic rings. The number of aromatic nitrogens is 1. The lowest BCUT2D eigenvalue weighted by atomic mass is 9.99. The van der Waals surface area contributed by atoms with Crippen LogP contribution < -0.4 is 20.7 Å². The van der Waals surface area contributed by atoms with E-state index >= 15 is 0 Å². The first kappa shape index (κ1) is 23.6. The van der Waals surface area contributed by atoms with Gasteiger partial charge in [-0.05, 0) is 40.0 Å². The summed E-state index contributed by atoms with van der Waals surface area (Å²) in [6.45, 7) is 8.08. The molecule has 1 aromatic heterocycles.